The molecular weight excluding hydrogens is 354 g/mol. The molecule has 0 spiro atoms. The fraction of sp³-hybridized carbons (Fsp3) is 0.409. The van der Waals surface area contributed by atoms with E-state index in [0.29, 0.717) is 18.0 Å². The lowest BCUT2D eigenvalue weighted by Crippen LogP contribution is -2.32. The Bertz CT molecular complexity index is 924. The number of ether oxygens (including phenoxy) is 1. The van der Waals surface area contributed by atoms with Crippen LogP contribution in [0.15, 0.2) is 34.6 Å². The molecule has 140 valence electrons. The third-order valence-electron chi connectivity index (χ3n) is 6.01. The second kappa shape index (κ2) is 6.80. The maximum atomic E-state index is 5.79. The molecule has 2 N–H and O–H groups in total. The van der Waals surface area contributed by atoms with Gasteiger partial charge in [-0.2, -0.15) is 0 Å². The summed E-state index contributed by atoms with van der Waals surface area (Å²) < 4.78 is 5.79. The van der Waals surface area contributed by atoms with Crippen molar-refractivity contribution in [3.8, 4) is 16.9 Å². The van der Waals surface area contributed by atoms with Crippen LogP contribution >= 0.6 is 11.3 Å². The maximum absolute atomic E-state index is 5.79. The van der Waals surface area contributed by atoms with Crippen LogP contribution in [0.4, 0.5) is 5.69 Å². The van der Waals surface area contributed by atoms with E-state index in [1.165, 1.54) is 45.7 Å². The standard InChI is InChI=1S/C22H25N3OS/c1-13-22-16(7-10-27-22)21-17(25-13)3-4-19(26-2)20(21)15-11-18(24-12-15)14-5-8-23-9-6-14/h3-4,7,10-14,18,23,25H,5-6,8-9H2,1-2H3. The van der Waals surface area contributed by atoms with E-state index in [0.717, 1.165) is 18.8 Å². The van der Waals surface area contributed by atoms with Crippen LogP contribution in [0.25, 0.3) is 16.7 Å². The molecule has 1 saturated heterocycles. The molecule has 4 nitrogen and oxygen atoms in total. The highest BCUT2D eigenvalue weighted by molar-refractivity contribution is 7.10. The number of piperidine rings is 1. The lowest BCUT2D eigenvalue weighted by atomic mass is 9.87. The van der Waals surface area contributed by atoms with Crippen molar-refractivity contribution in [1.29, 1.82) is 0 Å². The zero-order valence-electron chi connectivity index (χ0n) is 15.8. The van der Waals surface area contributed by atoms with E-state index in [1.807, 2.05) is 11.3 Å². The van der Waals surface area contributed by atoms with Gasteiger partial charge >= 0.3 is 0 Å². The SMILES string of the molecule is COc1ccc2c(c1C1=CC(C3CCNCC3)N=C1)-c1ccsc1C(C)N2. The van der Waals surface area contributed by atoms with Gasteiger partial charge in [0.05, 0.1) is 19.2 Å². The first-order chi connectivity index (χ1) is 13.3. The Balaban J connectivity index is 1.61. The summed E-state index contributed by atoms with van der Waals surface area (Å²) in [6, 6.07) is 7.10. The molecule has 0 aliphatic carbocycles. The van der Waals surface area contributed by atoms with Gasteiger partial charge < -0.3 is 15.4 Å². The molecule has 3 aliphatic rings. The summed E-state index contributed by atoms with van der Waals surface area (Å²) in [6.45, 7) is 4.43. The third-order valence-corrected chi connectivity index (χ3v) is 7.11. The van der Waals surface area contributed by atoms with E-state index < -0.39 is 0 Å². The first kappa shape index (κ1) is 17.0. The van der Waals surface area contributed by atoms with Crippen LogP contribution in [-0.4, -0.2) is 32.5 Å². The summed E-state index contributed by atoms with van der Waals surface area (Å²) in [6.07, 6.45) is 6.82. The highest BCUT2D eigenvalue weighted by Gasteiger charge is 2.30. The van der Waals surface area contributed by atoms with E-state index in [1.54, 1.807) is 7.11 Å². The highest BCUT2D eigenvalue weighted by Crippen LogP contribution is 2.49. The third kappa shape index (κ3) is 2.80. The Hall–Kier alpha value is -2.11. The van der Waals surface area contributed by atoms with Crippen molar-refractivity contribution in [3.63, 3.8) is 0 Å². The van der Waals surface area contributed by atoms with Crippen LogP contribution in [0.5, 0.6) is 5.75 Å². The van der Waals surface area contributed by atoms with Gasteiger partial charge in [-0.3, -0.25) is 4.99 Å². The minimum atomic E-state index is 0.292. The van der Waals surface area contributed by atoms with E-state index in [2.05, 4.69) is 53.4 Å². The van der Waals surface area contributed by atoms with Crippen LogP contribution in [0.1, 0.15) is 36.2 Å². The van der Waals surface area contributed by atoms with Gasteiger partial charge in [0.2, 0.25) is 0 Å². The molecule has 0 bridgehead atoms. The molecule has 0 saturated carbocycles. The largest absolute Gasteiger partial charge is 0.496 e. The van der Waals surface area contributed by atoms with Gasteiger partial charge in [-0.15, -0.1) is 11.3 Å². The molecule has 1 fully saturated rings. The second-order valence-electron chi connectivity index (χ2n) is 7.61. The van der Waals surface area contributed by atoms with E-state index in [-0.39, 0.29) is 0 Å². The number of fused-ring (bicyclic) bond motifs is 3. The normalized spacial score (nSPS) is 24.1. The van der Waals surface area contributed by atoms with Crippen LogP contribution in [0.3, 0.4) is 0 Å². The monoisotopic (exact) mass is 379 g/mol. The molecule has 27 heavy (non-hydrogen) atoms. The second-order valence-corrected chi connectivity index (χ2v) is 8.56. The zero-order chi connectivity index (χ0) is 18.4. The number of anilines is 1. The summed E-state index contributed by atoms with van der Waals surface area (Å²) in [7, 11) is 1.76. The van der Waals surface area contributed by atoms with Gasteiger partial charge in [-0.25, -0.2) is 0 Å². The number of hydrogen-bond donors (Lipinski definition) is 2. The molecule has 3 aliphatic heterocycles. The predicted octanol–water partition coefficient (Wildman–Crippen LogP) is 4.75. The van der Waals surface area contributed by atoms with Crippen molar-refractivity contribution in [2.75, 3.05) is 25.5 Å². The van der Waals surface area contributed by atoms with Crippen molar-refractivity contribution in [1.82, 2.24) is 5.32 Å². The van der Waals surface area contributed by atoms with Crippen LogP contribution in [-0.2, 0) is 0 Å². The van der Waals surface area contributed by atoms with Crippen LogP contribution in [0, 0.1) is 5.92 Å². The van der Waals surface area contributed by atoms with Crippen molar-refractivity contribution in [2.24, 2.45) is 10.9 Å². The minimum absolute atomic E-state index is 0.292. The minimum Gasteiger partial charge on any atom is -0.496 e. The van der Waals surface area contributed by atoms with Gasteiger partial charge in [0.1, 0.15) is 5.75 Å². The zero-order valence-corrected chi connectivity index (χ0v) is 16.6. The Morgan fingerprint density at radius 1 is 1.15 bits per heavy atom. The first-order valence-corrected chi connectivity index (χ1v) is 10.7. The fourth-order valence-electron chi connectivity index (χ4n) is 4.63. The molecule has 2 atom stereocenters. The van der Waals surface area contributed by atoms with Gasteiger partial charge in [0.25, 0.3) is 0 Å². The molecule has 2 aromatic rings. The van der Waals surface area contributed by atoms with Gasteiger partial charge in [-0.1, -0.05) is 6.08 Å². The smallest absolute Gasteiger partial charge is 0.127 e. The van der Waals surface area contributed by atoms with Crippen LogP contribution < -0.4 is 15.4 Å². The van der Waals surface area contributed by atoms with Gasteiger partial charge in [0, 0.05) is 39.0 Å². The van der Waals surface area contributed by atoms with Crippen molar-refractivity contribution in [2.45, 2.75) is 31.8 Å². The molecule has 2 unspecified atom stereocenters. The van der Waals surface area contributed by atoms with Gasteiger partial charge in [-0.05, 0) is 62.4 Å². The van der Waals surface area contributed by atoms with E-state index in [4.69, 9.17) is 9.73 Å². The number of nitrogens with zero attached hydrogens (tertiary/aromatic N) is 1. The quantitative estimate of drug-likeness (QED) is 0.809. The number of thiophene rings is 1. The lowest BCUT2D eigenvalue weighted by Gasteiger charge is -2.28. The Morgan fingerprint density at radius 2 is 2.00 bits per heavy atom. The Labute approximate surface area is 164 Å². The molecule has 1 aromatic heterocycles. The van der Waals surface area contributed by atoms with Crippen molar-refractivity contribution >= 4 is 28.8 Å². The topological polar surface area (TPSA) is 45.6 Å². The molecule has 5 rings (SSSR count). The lowest BCUT2D eigenvalue weighted by molar-refractivity contribution is 0.350. The van der Waals surface area contributed by atoms with E-state index >= 15 is 0 Å². The van der Waals surface area contributed by atoms with Crippen LogP contribution in [0.2, 0.25) is 0 Å². The number of aliphatic imine (C=N–C) groups is 1. The molecule has 0 amide bonds. The summed E-state index contributed by atoms with van der Waals surface area (Å²) >= 11 is 1.82. The molecule has 4 heterocycles. The first-order valence-electron chi connectivity index (χ1n) is 9.77. The maximum Gasteiger partial charge on any atom is 0.127 e. The number of nitrogens with one attached hydrogen (secondary N) is 2. The number of rotatable bonds is 3. The average molecular weight is 380 g/mol. The number of allylic oxidation sites excluding steroid dienone is 1. The number of hydrogen-bond acceptors (Lipinski definition) is 5. The molecule has 0 radical (unpaired) electrons. The summed E-state index contributed by atoms with van der Waals surface area (Å²) in [5.74, 6) is 1.56. The summed E-state index contributed by atoms with van der Waals surface area (Å²) in [4.78, 5) is 6.27. The summed E-state index contributed by atoms with van der Waals surface area (Å²) in [5, 5.41) is 9.31. The Kier molecular flexibility index (Phi) is 4.29. The van der Waals surface area contributed by atoms with Crippen molar-refractivity contribution < 1.29 is 4.74 Å². The number of methoxy groups -OCH3 is 1. The van der Waals surface area contributed by atoms with Crippen molar-refractivity contribution in [3.05, 3.63) is 40.1 Å². The molecule has 1 aromatic carbocycles. The Morgan fingerprint density at radius 3 is 2.81 bits per heavy atom. The predicted molar refractivity (Wildman–Crippen MR) is 114 cm³/mol. The fourth-order valence-corrected chi connectivity index (χ4v) is 5.54. The highest BCUT2D eigenvalue weighted by atomic mass is 32.1. The molecule has 5 heteroatoms. The molecular formula is C22H25N3OS. The number of benzene rings is 1. The average Bonchev–Trinajstić information content (AvgIpc) is 3.38. The van der Waals surface area contributed by atoms with Gasteiger partial charge in [0.15, 0.2) is 0 Å². The van der Waals surface area contributed by atoms with E-state index in [9.17, 15) is 0 Å². The summed E-state index contributed by atoms with van der Waals surface area (Å²) in [5.41, 5.74) is 6.14.